The highest BCUT2D eigenvalue weighted by Crippen LogP contribution is 2.47. The van der Waals surface area contributed by atoms with Gasteiger partial charge in [-0.25, -0.2) is 4.79 Å². The summed E-state index contributed by atoms with van der Waals surface area (Å²) in [4.78, 5) is 55.6. The van der Waals surface area contributed by atoms with Crippen LogP contribution in [0.15, 0.2) is 36.4 Å². The van der Waals surface area contributed by atoms with Crippen LogP contribution in [0.2, 0.25) is 0 Å². The molecule has 1 saturated heterocycles. The summed E-state index contributed by atoms with van der Waals surface area (Å²) in [6.07, 6.45) is -4.54. The average Bonchev–Trinajstić information content (AvgIpc) is 3.01. The molecule has 2 atom stereocenters. The van der Waals surface area contributed by atoms with Crippen LogP contribution in [-0.4, -0.2) is 91.7 Å². The molecule has 2 aliphatic heterocycles. The Balaban J connectivity index is 1.87. The fourth-order valence-electron chi connectivity index (χ4n) is 6.08. The number of carbonyl (C=O) groups is 4. The lowest BCUT2D eigenvalue weighted by molar-refractivity contribution is -0.138. The van der Waals surface area contributed by atoms with Crippen molar-refractivity contribution in [3.05, 3.63) is 53.1 Å². The van der Waals surface area contributed by atoms with E-state index in [1.54, 1.807) is 20.8 Å². The molecule has 0 aromatic heterocycles. The summed E-state index contributed by atoms with van der Waals surface area (Å²) in [6.45, 7) is 5.98. The number of halogens is 3. The number of fused-ring (bicyclic) bond motifs is 1. The SMILES string of the molecule is CCC(=O)NCCN1C(=O)C(C)(c2cccc(OS(C)(=O)=O)c2)Oc2cc(C(F)(F)F)c(C(=O)N(C(C)C)[C@@H]3CCCN(C(=O)O)C3)cc21. The molecule has 2 aliphatic rings. The molecule has 4 rings (SSSR count). The second-order valence-electron chi connectivity index (χ2n) is 12.3. The van der Waals surface area contributed by atoms with Crippen LogP contribution in [0, 0.1) is 0 Å². The summed E-state index contributed by atoms with van der Waals surface area (Å²) in [5.41, 5.74) is -4.20. The number of carboxylic acid groups (broad SMARTS) is 1. The number of piperidine rings is 1. The van der Waals surface area contributed by atoms with Gasteiger partial charge >= 0.3 is 22.4 Å². The van der Waals surface area contributed by atoms with Crippen LogP contribution in [0.3, 0.4) is 0 Å². The van der Waals surface area contributed by atoms with Crippen molar-refractivity contribution < 1.29 is 54.8 Å². The Morgan fingerprint density at radius 3 is 2.49 bits per heavy atom. The monoisotopic (exact) mass is 712 g/mol. The van der Waals surface area contributed by atoms with E-state index in [9.17, 15) is 45.9 Å². The number of nitrogens with zero attached hydrogens (tertiary/aromatic N) is 3. The first-order valence-electron chi connectivity index (χ1n) is 15.6. The molecule has 2 aromatic carbocycles. The zero-order valence-corrected chi connectivity index (χ0v) is 28.5. The average molecular weight is 713 g/mol. The first-order valence-corrected chi connectivity index (χ1v) is 17.4. The molecule has 49 heavy (non-hydrogen) atoms. The van der Waals surface area contributed by atoms with Crippen molar-refractivity contribution in [1.82, 2.24) is 15.1 Å². The van der Waals surface area contributed by atoms with Crippen molar-refractivity contribution in [2.45, 2.75) is 70.8 Å². The van der Waals surface area contributed by atoms with E-state index in [4.69, 9.17) is 8.92 Å². The maximum atomic E-state index is 14.8. The van der Waals surface area contributed by atoms with Crippen LogP contribution in [0.25, 0.3) is 0 Å². The van der Waals surface area contributed by atoms with Gasteiger partial charge in [-0.05, 0) is 57.9 Å². The minimum Gasteiger partial charge on any atom is -0.471 e. The molecule has 0 spiro atoms. The summed E-state index contributed by atoms with van der Waals surface area (Å²) in [6, 6.07) is 5.59. The van der Waals surface area contributed by atoms with Crippen LogP contribution >= 0.6 is 0 Å². The van der Waals surface area contributed by atoms with Crippen molar-refractivity contribution in [1.29, 1.82) is 0 Å². The molecule has 268 valence electrons. The molecule has 0 bridgehead atoms. The second-order valence-corrected chi connectivity index (χ2v) is 13.9. The molecule has 17 heteroatoms. The molecule has 2 N–H and O–H groups in total. The molecule has 2 aromatic rings. The Morgan fingerprint density at radius 1 is 1.20 bits per heavy atom. The molecule has 4 amide bonds. The second kappa shape index (κ2) is 14.1. The molecule has 0 aliphatic carbocycles. The highest BCUT2D eigenvalue weighted by molar-refractivity contribution is 7.86. The third kappa shape index (κ3) is 8.20. The van der Waals surface area contributed by atoms with Crippen molar-refractivity contribution in [3.8, 4) is 11.5 Å². The minimum atomic E-state index is -5.06. The van der Waals surface area contributed by atoms with E-state index in [0.29, 0.717) is 18.9 Å². The van der Waals surface area contributed by atoms with Gasteiger partial charge in [-0.2, -0.15) is 21.6 Å². The lowest BCUT2D eigenvalue weighted by atomic mass is 9.90. The van der Waals surface area contributed by atoms with E-state index in [-0.39, 0.29) is 55.5 Å². The number of ether oxygens (including phenoxy) is 1. The molecule has 13 nitrogen and oxygen atoms in total. The molecule has 0 saturated carbocycles. The molecule has 1 unspecified atom stereocenters. The molecule has 1 fully saturated rings. The normalized spacial score (nSPS) is 19.6. The van der Waals surface area contributed by atoms with E-state index in [1.807, 2.05) is 0 Å². The number of amides is 4. The summed E-state index contributed by atoms with van der Waals surface area (Å²) in [5.74, 6) is -2.68. The van der Waals surface area contributed by atoms with Crippen molar-refractivity contribution >= 4 is 39.6 Å². The van der Waals surface area contributed by atoms with Crippen LogP contribution in [0.1, 0.15) is 68.4 Å². The Morgan fingerprint density at radius 2 is 1.90 bits per heavy atom. The third-order valence-corrected chi connectivity index (χ3v) is 8.85. The molecular formula is C32H39F3N4O9S. The largest absolute Gasteiger partial charge is 0.471 e. The standard InChI is InChI=1S/C32H39F3N4O9S/c1-6-27(40)36-12-14-38-25-16-23(28(41)39(19(2)3)21-10-8-13-37(18-21)30(43)44)24(32(33,34)35)17-26(25)47-31(4,29(38)42)20-9-7-11-22(15-20)48-49(5,45)46/h7,9,11,15-17,19,21H,6,8,10,12-14,18H2,1-5H3,(H,36,40)(H,43,44)/t21-,31?/m1/s1. The highest BCUT2D eigenvalue weighted by atomic mass is 32.2. The van der Waals surface area contributed by atoms with Gasteiger partial charge in [0.05, 0.1) is 29.1 Å². The maximum absolute atomic E-state index is 14.8. The van der Waals surface area contributed by atoms with Gasteiger partial charge in [-0.3, -0.25) is 14.4 Å². The van der Waals surface area contributed by atoms with E-state index in [1.165, 1.54) is 36.1 Å². The van der Waals surface area contributed by atoms with Gasteiger partial charge in [0.1, 0.15) is 11.5 Å². The Hall–Kier alpha value is -4.54. The summed E-state index contributed by atoms with van der Waals surface area (Å²) < 4.78 is 78.8. The predicted octanol–water partition coefficient (Wildman–Crippen LogP) is 4.20. The maximum Gasteiger partial charge on any atom is 0.417 e. The van der Waals surface area contributed by atoms with Crippen molar-refractivity contribution in [2.24, 2.45) is 0 Å². The van der Waals surface area contributed by atoms with Crippen LogP contribution in [-0.2, 0) is 31.5 Å². The molecule has 0 radical (unpaired) electrons. The smallest absolute Gasteiger partial charge is 0.417 e. The van der Waals surface area contributed by atoms with Crippen molar-refractivity contribution in [3.63, 3.8) is 0 Å². The zero-order chi connectivity index (χ0) is 36.5. The van der Waals surface area contributed by atoms with Gasteiger partial charge in [-0.1, -0.05) is 19.1 Å². The Kier molecular flexibility index (Phi) is 10.8. The number of nitrogens with one attached hydrogen (secondary N) is 1. The molecular weight excluding hydrogens is 673 g/mol. The summed E-state index contributed by atoms with van der Waals surface area (Å²) in [7, 11) is -3.97. The number of alkyl halides is 3. The van der Waals surface area contributed by atoms with E-state index < -0.39 is 68.8 Å². The number of hydrogen-bond acceptors (Lipinski definition) is 8. The minimum absolute atomic E-state index is 0.0619. The molecule has 2 heterocycles. The van der Waals surface area contributed by atoms with Crippen molar-refractivity contribution in [2.75, 3.05) is 37.3 Å². The zero-order valence-electron chi connectivity index (χ0n) is 27.7. The fourth-order valence-corrected chi connectivity index (χ4v) is 6.53. The predicted molar refractivity (Wildman–Crippen MR) is 171 cm³/mol. The quantitative estimate of drug-likeness (QED) is 0.344. The van der Waals surface area contributed by atoms with E-state index >= 15 is 0 Å². The summed E-state index contributed by atoms with van der Waals surface area (Å²) in [5, 5.41) is 12.2. The van der Waals surface area contributed by atoms with E-state index in [0.717, 1.165) is 22.1 Å². The van der Waals surface area contributed by atoms with Gasteiger partial charge < -0.3 is 34.0 Å². The third-order valence-electron chi connectivity index (χ3n) is 8.36. The number of benzene rings is 2. The highest BCUT2D eigenvalue weighted by Gasteiger charge is 2.49. The lowest BCUT2D eigenvalue weighted by Gasteiger charge is -2.42. The first-order chi connectivity index (χ1) is 22.8. The van der Waals surface area contributed by atoms with Crippen LogP contribution in [0.5, 0.6) is 11.5 Å². The van der Waals surface area contributed by atoms with Crippen LogP contribution < -0.4 is 19.1 Å². The van der Waals surface area contributed by atoms with E-state index in [2.05, 4.69) is 5.32 Å². The van der Waals surface area contributed by atoms with Crippen LogP contribution in [0.4, 0.5) is 23.7 Å². The Bertz CT molecular complexity index is 1730. The number of hydrogen-bond donors (Lipinski definition) is 2. The number of rotatable bonds is 10. The number of likely N-dealkylation sites (tertiary alicyclic amines) is 1. The topological polar surface area (TPSA) is 163 Å². The summed E-state index contributed by atoms with van der Waals surface area (Å²) >= 11 is 0. The first kappa shape index (κ1) is 37.3. The lowest BCUT2D eigenvalue weighted by Crippen LogP contribution is -2.55. The number of carbonyl (C=O) groups excluding carboxylic acids is 3. The Labute approximate surface area is 282 Å². The van der Waals surface area contributed by atoms with Gasteiger partial charge in [0.15, 0.2) is 0 Å². The van der Waals surface area contributed by atoms with Gasteiger partial charge in [0.25, 0.3) is 11.8 Å². The number of anilines is 1. The van der Waals surface area contributed by atoms with Gasteiger partial charge in [0, 0.05) is 44.2 Å². The van der Waals surface area contributed by atoms with Gasteiger partial charge in [0.2, 0.25) is 11.5 Å². The fraction of sp³-hybridized carbons (Fsp3) is 0.500. The van der Waals surface area contributed by atoms with Gasteiger partial charge in [-0.15, -0.1) is 0 Å².